The fourth-order valence-corrected chi connectivity index (χ4v) is 2.98. The molecule has 0 aliphatic rings. The van der Waals surface area contributed by atoms with E-state index in [-0.39, 0.29) is 0 Å². The van der Waals surface area contributed by atoms with E-state index in [0.717, 1.165) is 5.56 Å². The van der Waals surface area contributed by atoms with Crippen LogP contribution in [0.15, 0.2) is 30.3 Å². The van der Waals surface area contributed by atoms with Gasteiger partial charge in [0.1, 0.15) is 0 Å². The molecule has 16 heavy (non-hydrogen) atoms. The lowest BCUT2D eigenvalue weighted by molar-refractivity contribution is 0.348. The van der Waals surface area contributed by atoms with Crippen molar-refractivity contribution in [1.29, 1.82) is 0 Å². The van der Waals surface area contributed by atoms with E-state index < -0.39 is 20.8 Å². The molecule has 4 heteroatoms. The third-order valence-corrected chi connectivity index (χ3v) is 4.18. The molecule has 1 N–H and O–H groups in total. The van der Waals surface area contributed by atoms with Crippen LogP contribution in [-0.4, -0.2) is 18.2 Å². The predicted molar refractivity (Wildman–Crippen MR) is 64.9 cm³/mol. The second kappa shape index (κ2) is 4.55. The lowest BCUT2D eigenvalue weighted by atomic mass is 9.88. The Morgan fingerprint density at radius 3 is 2.06 bits per heavy atom. The topological polar surface area (TPSA) is 54.4 Å². The van der Waals surface area contributed by atoms with Crippen LogP contribution < -0.4 is 0 Å². The minimum absolute atomic E-state index is 0.336. The van der Waals surface area contributed by atoms with Gasteiger partial charge in [0.05, 0.1) is 5.25 Å². The van der Waals surface area contributed by atoms with Crippen LogP contribution in [0.3, 0.4) is 0 Å². The summed E-state index contributed by atoms with van der Waals surface area (Å²) in [5.74, 6) is 0. The lowest BCUT2D eigenvalue weighted by Gasteiger charge is -2.27. The van der Waals surface area contributed by atoms with Gasteiger partial charge >= 0.3 is 0 Å². The Balaban J connectivity index is 2.99. The fraction of sp³-hybridized carbons (Fsp3) is 0.500. The quantitative estimate of drug-likeness (QED) is 0.829. The number of rotatable bonds is 3. The molecule has 0 aliphatic heterocycles. The zero-order chi connectivity index (χ0) is 12.4. The SMILES string of the molecule is CC(C)(C)C(Cc1ccccc1)S(=O)(=O)O. The maximum Gasteiger partial charge on any atom is 0.268 e. The molecule has 0 radical (unpaired) electrons. The van der Waals surface area contributed by atoms with Crippen molar-refractivity contribution in [2.75, 3.05) is 0 Å². The van der Waals surface area contributed by atoms with E-state index >= 15 is 0 Å². The Bertz CT molecular complexity index is 429. The van der Waals surface area contributed by atoms with Gasteiger partial charge in [-0.1, -0.05) is 51.1 Å². The molecular formula is C12H18O3S. The predicted octanol–water partition coefficient (Wildman–Crippen LogP) is 2.53. The van der Waals surface area contributed by atoms with E-state index in [1.54, 1.807) is 0 Å². The fourth-order valence-electron chi connectivity index (χ4n) is 1.69. The minimum Gasteiger partial charge on any atom is -0.285 e. The molecule has 1 rings (SSSR count). The van der Waals surface area contributed by atoms with Crippen molar-refractivity contribution in [2.24, 2.45) is 5.41 Å². The molecule has 0 saturated carbocycles. The van der Waals surface area contributed by atoms with Gasteiger partial charge in [-0.2, -0.15) is 8.42 Å². The second-order valence-corrected chi connectivity index (χ2v) is 6.66. The highest BCUT2D eigenvalue weighted by Crippen LogP contribution is 2.28. The van der Waals surface area contributed by atoms with E-state index in [1.807, 2.05) is 51.1 Å². The molecule has 1 aromatic carbocycles. The van der Waals surface area contributed by atoms with Crippen molar-refractivity contribution in [1.82, 2.24) is 0 Å². The monoisotopic (exact) mass is 242 g/mol. The average Bonchev–Trinajstić information content (AvgIpc) is 2.12. The first kappa shape index (κ1) is 13.2. The Morgan fingerprint density at radius 1 is 1.19 bits per heavy atom. The standard InChI is InChI=1S/C12H18O3S/c1-12(2,3)11(16(13,14)15)9-10-7-5-4-6-8-10/h4-8,11H,9H2,1-3H3,(H,13,14,15). The maximum atomic E-state index is 11.3. The van der Waals surface area contributed by atoms with Gasteiger partial charge in [-0.15, -0.1) is 0 Å². The van der Waals surface area contributed by atoms with Gasteiger partial charge in [0.15, 0.2) is 0 Å². The Labute approximate surface area is 97.2 Å². The summed E-state index contributed by atoms with van der Waals surface area (Å²) in [6.45, 7) is 5.44. The minimum atomic E-state index is -4.02. The first-order valence-electron chi connectivity index (χ1n) is 5.21. The van der Waals surface area contributed by atoms with Crippen LogP contribution in [0, 0.1) is 5.41 Å². The van der Waals surface area contributed by atoms with Crippen LogP contribution in [-0.2, 0) is 16.5 Å². The van der Waals surface area contributed by atoms with Gasteiger partial charge < -0.3 is 0 Å². The van der Waals surface area contributed by atoms with Crippen LogP contribution in [0.4, 0.5) is 0 Å². The van der Waals surface area contributed by atoms with Crippen LogP contribution in [0.25, 0.3) is 0 Å². The van der Waals surface area contributed by atoms with Gasteiger partial charge in [-0.3, -0.25) is 4.55 Å². The van der Waals surface area contributed by atoms with Gasteiger partial charge in [0.2, 0.25) is 0 Å². The van der Waals surface area contributed by atoms with Crippen molar-refractivity contribution in [3.05, 3.63) is 35.9 Å². The normalized spacial score (nSPS) is 14.8. The zero-order valence-electron chi connectivity index (χ0n) is 9.84. The molecule has 3 nitrogen and oxygen atoms in total. The van der Waals surface area contributed by atoms with Crippen molar-refractivity contribution in [2.45, 2.75) is 32.4 Å². The first-order chi connectivity index (χ1) is 7.21. The molecule has 90 valence electrons. The van der Waals surface area contributed by atoms with Crippen molar-refractivity contribution < 1.29 is 13.0 Å². The number of benzene rings is 1. The summed E-state index contributed by atoms with van der Waals surface area (Å²) in [6, 6.07) is 9.33. The van der Waals surface area contributed by atoms with Crippen LogP contribution in [0.1, 0.15) is 26.3 Å². The van der Waals surface area contributed by atoms with Crippen LogP contribution in [0.5, 0.6) is 0 Å². The highest BCUT2D eigenvalue weighted by molar-refractivity contribution is 7.86. The van der Waals surface area contributed by atoms with E-state index in [2.05, 4.69) is 0 Å². The molecule has 1 aromatic rings. The van der Waals surface area contributed by atoms with E-state index in [9.17, 15) is 13.0 Å². The summed E-state index contributed by atoms with van der Waals surface area (Å²) in [5, 5.41) is -0.776. The van der Waals surface area contributed by atoms with Gasteiger partial charge in [-0.25, -0.2) is 0 Å². The van der Waals surface area contributed by atoms with Crippen molar-refractivity contribution >= 4 is 10.1 Å². The summed E-state index contributed by atoms with van der Waals surface area (Å²) in [5.41, 5.74) is 0.434. The second-order valence-electron chi connectivity index (χ2n) is 5.06. The zero-order valence-corrected chi connectivity index (χ0v) is 10.7. The van der Waals surface area contributed by atoms with E-state index in [0.29, 0.717) is 6.42 Å². The average molecular weight is 242 g/mol. The summed E-state index contributed by atoms with van der Waals surface area (Å²) in [7, 11) is -4.02. The molecule has 0 spiro atoms. The Morgan fingerprint density at radius 2 is 1.69 bits per heavy atom. The third kappa shape index (κ3) is 3.61. The molecule has 0 saturated heterocycles. The van der Waals surface area contributed by atoms with Gasteiger partial charge in [0.25, 0.3) is 10.1 Å². The van der Waals surface area contributed by atoms with Crippen LogP contribution in [0.2, 0.25) is 0 Å². The Hall–Kier alpha value is -0.870. The van der Waals surface area contributed by atoms with Crippen molar-refractivity contribution in [3.63, 3.8) is 0 Å². The summed E-state index contributed by atoms with van der Waals surface area (Å²) >= 11 is 0. The first-order valence-corrected chi connectivity index (χ1v) is 6.72. The van der Waals surface area contributed by atoms with Crippen molar-refractivity contribution in [3.8, 4) is 0 Å². The molecular weight excluding hydrogens is 224 g/mol. The third-order valence-electron chi connectivity index (χ3n) is 2.59. The molecule has 1 atom stereocenters. The molecule has 0 amide bonds. The maximum absolute atomic E-state index is 11.3. The molecule has 1 unspecified atom stereocenters. The molecule has 0 aromatic heterocycles. The molecule has 0 fully saturated rings. The number of hydrogen-bond acceptors (Lipinski definition) is 2. The highest BCUT2D eigenvalue weighted by Gasteiger charge is 2.34. The van der Waals surface area contributed by atoms with Crippen LogP contribution >= 0.6 is 0 Å². The number of hydrogen-bond donors (Lipinski definition) is 1. The molecule has 0 heterocycles. The summed E-state index contributed by atoms with van der Waals surface area (Å²) in [4.78, 5) is 0. The van der Waals surface area contributed by atoms with E-state index in [4.69, 9.17) is 0 Å². The highest BCUT2D eigenvalue weighted by atomic mass is 32.2. The lowest BCUT2D eigenvalue weighted by Crippen LogP contribution is -2.36. The van der Waals surface area contributed by atoms with Gasteiger partial charge in [-0.05, 0) is 17.4 Å². The smallest absolute Gasteiger partial charge is 0.268 e. The summed E-state index contributed by atoms with van der Waals surface area (Å²) < 4.78 is 31.9. The van der Waals surface area contributed by atoms with E-state index in [1.165, 1.54) is 0 Å². The summed E-state index contributed by atoms with van der Waals surface area (Å²) in [6.07, 6.45) is 0.336. The molecule has 0 aliphatic carbocycles. The largest absolute Gasteiger partial charge is 0.285 e. The molecule has 0 bridgehead atoms. The van der Waals surface area contributed by atoms with Gasteiger partial charge in [0, 0.05) is 0 Å². The Kier molecular flexibility index (Phi) is 3.76.